The van der Waals surface area contributed by atoms with Crippen LogP contribution in [0.2, 0.25) is 0 Å². The quantitative estimate of drug-likeness (QED) is 0.257. The number of rotatable bonds is 9. The van der Waals surface area contributed by atoms with Crippen molar-refractivity contribution in [2.75, 3.05) is 68.0 Å². The molecule has 1 aromatic carbocycles. The topological polar surface area (TPSA) is 83.6 Å². The number of piperidine rings is 1. The Morgan fingerprint density at radius 3 is 2.37 bits per heavy atom. The largest absolute Gasteiger partial charge is 0.368 e. The molecule has 3 fully saturated rings. The van der Waals surface area contributed by atoms with Gasteiger partial charge in [-0.15, -0.1) is 0 Å². The van der Waals surface area contributed by atoms with E-state index in [2.05, 4.69) is 74.2 Å². The van der Waals surface area contributed by atoms with E-state index in [1.165, 1.54) is 49.8 Å². The first kappa shape index (κ1) is 30.7. The van der Waals surface area contributed by atoms with Crippen molar-refractivity contribution in [3.05, 3.63) is 76.0 Å². The second-order valence-electron chi connectivity index (χ2n) is 13.5. The van der Waals surface area contributed by atoms with E-state index in [1.807, 2.05) is 32.3 Å². The van der Waals surface area contributed by atoms with Gasteiger partial charge in [-0.2, -0.15) is 0 Å². The second kappa shape index (κ2) is 13.0. The highest BCUT2D eigenvalue weighted by atomic mass is 16.1. The zero-order valence-electron chi connectivity index (χ0n) is 27.9. The zero-order chi connectivity index (χ0) is 31.8. The first-order valence-electron chi connectivity index (χ1n) is 17.1. The van der Waals surface area contributed by atoms with E-state index in [9.17, 15) is 4.79 Å². The number of pyridine rings is 3. The molecule has 9 heteroatoms. The van der Waals surface area contributed by atoms with Gasteiger partial charge >= 0.3 is 0 Å². The molecule has 0 amide bonds. The normalized spacial score (nSPS) is 18.3. The van der Waals surface area contributed by atoms with E-state index < -0.39 is 0 Å². The molecular formula is C37H48N8O. The number of benzene rings is 1. The lowest BCUT2D eigenvalue weighted by atomic mass is 9.97. The molecule has 2 N–H and O–H groups in total. The molecule has 2 saturated heterocycles. The number of aryl methyl sites for hydroxylation is 2. The Bertz CT molecular complexity index is 1730. The van der Waals surface area contributed by atoms with Gasteiger partial charge in [0.1, 0.15) is 11.6 Å². The number of hydrogen-bond donors (Lipinski definition) is 2. The summed E-state index contributed by atoms with van der Waals surface area (Å²) in [4.78, 5) is 35.6. The van der Waals surface area contributed by atoms with Crippen LogP contribution in [0, 0.1) is 13.8 Å². The Morgan fingerprint density at radius 1 is 0.913 bits per heavy atom. The minimum absolute atomic E-state index is 0.0483. The van der Waals surface area contributed by atoms with E-state index in [0.717, 1.165) is 83.7 Å². The molecule has 4 aromatic rings. The first-order chi connectivity index (χ1) is 22.4. The zero-order valence-corrected chi connectivity index (χ0v) is 27.9. The summed E-state index contributed by atoms with van der Waals surface area (Å²) in [7, 11) is 2.18. The summed E-state index contributed by atoms with van der Waals surface area (Å²) in [6.45, 7) is 14.0. The molecule has 0 radical (unpaired) electrons. The first-order valence-corrected chi connectivity index (χ1v) is 17.1. The lowest BCUT2D eigenvalue weighted by Crippen LogP contribution is -2.45. The van der Waals surface area contributed by atoms with Crippen LogP contribution < -0.4 is 20.7 Å². The molecule has 7 rings (SSSR count). The molecule has 0 atom stereocenters. The highest BCUT2D eigenvalue weighted by molar-refractivity contribution is 6.03. The molecule has 1 aliphatic carbocycles. The molecule has 9 nitrogen and oxygen atoms in total. The second-order valence-corrected chi connectivity index (χ2v) is 13.5. The van der Waals surface area contributed by atoms with Crippen molar-refractivity contribution in [3.63, 3.8) is 0 Å². The Labute approximate surface area is 272 Å². The minimum atomic E-state index is -0.0483. The lowest BCUT2D eigenvalue weighted by molar-refractivity contribution is 0.200. The van der Waals surface area contributed by atoms with E-state index in [4.69, 9.17) is 9.97 Å². The summed E-state index contributed by atoms with van der Waals surface area (Å²) in [6, 6.07) is 14.5. The molecule has 2 aliphatic heterocycles. The number of anilines is 3. The van der Waals surface area contributed by atoms with Crippen molar-refractivity contribution in [2.24, 2.45) is 0 Å². The van der Waals surface area contributed by atoms with Gasteiger partial charge in [-0.3, -0.25) is 4.79 Å². The van der Waals surface area contributed by atoms with Crippen LogP contribution in [0.4, 0.5) is 17.3 Å². The summed E-state index contributed by atoms with van der Waals surface area (Å²) in [5.41, 5.74) is 6.03. The van der Waals surface area contributed by atoms with Gasteiger partial charge in [-0.05, 0) is 101 Å². The van der Waals surface area contributed by atoms with Gasteiger partial charge < -0.3 is 29.9 Å². The fourth-order valence-electron chi connectivity index (χ4n) is 7.49. The van der Waals surface area contributed by atoms with Crippen molar-refractivity contribution in [1.29, 1.82) is 0 Å². The van der Waals surface area contributed by atoms with Crippen LogP contribution in [0.5, 0.6) is 0 Å². The molecule has 242 valence electrons. The SMILES string of the molecule is CCN(c1cc(-c2ccc(N3CCN(C)CC3)nc2)cc2c(NCc3c(C)cc(C)[nH]c3=O)nccc12)C1CCN(C2CC2)CC1. The summed E-state index contributed by atoms with van der Waals surface area (Å²) < 4.78 is 0. The van der Waals surface area contributed by atoms with E-state index >= 15 is 0 Å². The number of likely N-dealkylation sites (tertiary alicyclic amines) is 1. The maximum atomic E-state index is 12.8. The van der Waals surface area contributed by atoms with E-state index in [-0.39, 0.29) is 5.56 Å². The molecule has 0 spiro atoms. The number of aromatic amines is 1. The Kier molecular flexibility index (Phi) is 8.70. The average molecular weight is 621 g/mol. The van der Waals surface area contributed by atoms with Crippen LogP contribution in [0.15, 0.2) is 53.6 Å². The maximum Gasteiger partial charge on any atom is 0.253 e. The summed E-state index contributed by atoms with van der Waals surface area (Å²) in [5, 5.41) is 5.79. The third-order valence-corrected chi connectivity index (χ3v) is 10.3. The smallest absolute Gasteiger partial charge is 0.253 e. The van der Waals surface area contributed by atoms with Gasteiger partial charge in [0.2, 0.25) is 0 Å². The number of nitrogens with one attached hydrogen (secondary N) is 2. The van der Waals surface area contributed by atoms with Gasteiger partial charge in [0.15, 0.2) is 0 Å². The van der Waals surface area contributed by atoms with Crippen LogP contribution in [0.25, 0.3) is 21.9 Å². The highest BCUT2D eigenvalue weighted by Gasteiger charge is 2.33. The Morgan fingerprint density at radius 2 is 1.70 bits per heavy atom. The number of hydrogen-bond acceptors (Lipinski definition) is 8. The van der Waals surface area contributed by atoms with Crippen LogP contribution in [-0.4, -0.2) is 89.7 Å². The van der Waals surface area contributed by atoms with Gasteiger partial charge in [-0.25, -0.2) is 9.97 Å². The number of likely N-dealkylation sites (N-methyl/N-ethyl adjacent to an activating group) is 1. The molecule has 1 saturated carbocycles. The van der Waals surface area contributed by atoms with Crippen LogP contribution >= 0.6 is 0 Å². The van der Waals surface area contributed by atoms with E-state index in [0.29, 0.717) is 12.6 Å². The van der Waals surface area contributed by atoms with Crippen molar-refractivity contribution in [1.82, 2.24) is 24.8 Å². The van der Waals surface area contributed by atoms with Crippen molar-refractivity contribution in [2.45, 2.75) is 65.1 Å². The number of fused-ring (bicyclic) bond motifs is 1. The van der Waals surface area contributed by atoms with Gasteiger partial charge in [0.25, 0.3) is 5.56 Å². The van der Waals surface area contributed by atoms with Gasteiger partial charge in [-0.1, -0.05) is 0 Å². The predicted octanol–water partition coefficient (Wildman–Crippen LogP) is 5.42. The summed E-state index contributed by atoms with van der Waals surface area (Å²) >= 11 is 0. The van der Waals surface area contributed by atoms with Gasteiger partial charge in [0, 0.05) is 110 Å². The number of nitrogens with zero attached hydrogens (tertiary/aromatic N) is 6. The van der Waals surface area contributed by atoms with Crippen LogP contribution in [0.3, 0.4) is 0 Å². The van der Waals surface area contributed by atoms with Crippen molar-refractivity contribution < 1.29 is 0 Å². The highest BCUT2D eigenvalue weighted by Crippen LogP contribution is 2.39. The lowest BCUT2D eigenvalue weighted by Gasteiger charge is -2.40. The molecule has 3 aromatic heterocycles. The third-order valence-electron chi connectivity index (χ3n) is 10.3. The molecule has 0 bridgehead atoms. The Hall–Kier alpha value is -3.95. The molecule has 3 aliphatic rings. The monoisotopic (exact) mass is 620 g/mol. The standard InChI is InChI=1S/C37H48N8O/c1-5-45(30-11-14-43(15-12-30)29-7-8-29)34-22-28(27-6-9-35(39-23-27)44-18-16-42(4)17-19-44)21-32-31(34)10-13-38-36(32)40-24-33-25(2)20-26(3)41-37(33)46/h6,9-10,13,20-23,29-30H,5,7-8,11-12,14-19,24H2,1-4H3,(H,38,40)(H,41,46). The van der Waals surface area contributed by atoms with Crippen molar-refractivity contribution in [3.8, 4) is 11.1 Å². The fourth-order valence-corrected chi connectivity index (χ4v) is 7.49. The number of H-pyrrole nitrogens is 1. The predicted molar refractivity (Wildman–Crippen MR) is 189 cm³/mol. The maximum absolute atomic E-state index is 12.8. The average Bonchev–Trinajstić information content (AvgIpc) is 3.91. The molecule has 46 heavy (non-hydrogen) atoms. The fraction of sp³-hybridized carbons (Fsp3) is 0.486. The minimum Gasteiger partial charge on any atom is -0.368 e. The number of aromatic nitrogens is 3. The van der Waals surface area contributed by atoms with Gasteiger partial charge in [0.05, 0.1) is 0 Å². The van der Waals surface area contributed by atoms with E-state index in [1.54, 1.807) is 0 Å². The summed E-state index contributed by atoms with van der Waals surface area (Å²) in [5.74, 6) is 1.83. The molecule has 0 unspecified atom stereocenters. The van der Waals surface area contributed by atoms with Crippen LogP contribution in [-0.2, 0) is 6.54 Å². The Balaban J connectivity index is 1.25. The molecular weight excluding hydrogens is 572 g/mol. The summed E-state index contributed by atoms with van der Waals surface area (Å²) in [6.07, 6.45) is 9.03. The van der Waals surface area contributed by atoms with Crippen molar-refractivity contribution >= 4 is 28.1 Å². The third kappa shape index (κ3) is 6.35. The van der Waals surface area contributed by atoms with Crippen LogP contribution in [0.1, 0.15) is 49.4 Å². The molecule has 5 heterocycles. The number of piperazine rings is 1.